The predicted molar refractivity (Wildman–Crippen MR) is 98.8 cm³/mol. The summed E-state index contributed by atoms with van der Waals surface area (Å²) >= 11 is 2.89. The van der Waals surface area contributed by atoms with Gasteiger partial charge in [-0.15, -0.1) is 11.3 Å². The van der Waals surface area contributed by atoms with Crippen molar-refractivity contribution in [3.63, 3.8) is 0 Å². The molecular weight excluding hydrogens is 382 g/mol. The topological polar surface area (TPSA) is 89.5 Å². The average molecular weight is 402 g/mol. The van der Waals surface area contributed by atoms with Crippen molar-refractivity contribution < 1.29 is 17.9 Å². The van der Waals surface area contributed by atoms with Crippen LogP contribution in [0.25, 0.3) is 10.2 Å². The molecule has 1 fully saturated rings. The fraction of sp³-hybridized carbons (Fsp3) is 0.533. The number of thiophene rings is 1. The molecule has 1 aliphatic rings. The molecule has 1 aliphatic heterocycles. The minimum absolute atomic E-state index is 0.0371. The van der Waals surface area contributed by atoms with Gasteiger partial charge in [0.2, 0.25) is 5.91 Å². The molecule has 25 heavy (non-hydrogen) atoms. The van der Waals surface area contributed by atoms with E-state index < -0.39 is 9.84 Å². The number of carbonyl (C=O) groups is 1. The standard InChI is InChI=1S/C15H19N3O4S3/c1-22-5-4-18(11-3-7-25(20,21)9-11)13(19)8-24-15-12-2-6-23-14(12)16-10-17-15/h2,6,10-11H,3-5,7-9H2,1H3/t11-/m1/s1. The van der Waals surface area contributed by atoms with E-state index in [2.05, 4.69) is 9.97 Å². The fourth-order valence-corrected chi connectivity index (χ4v) is 6.21. The highest BCUT2D eigenvalue weighted by molar-refractivity contribution is 8.00. The molecular formula is C15H19N3O4S3. The second-order valence-corrected chi connectivity index (χ2v) is 9.83. The number of carbonyl (C=O) groups excluding carboxylic acids is 1. The molecule has 0 N–H and O–H groups in total. The maximum absolute atomic E-state index is 12.7. The van der Waals surface area contributed by atoms with Gasteiger partial charge < -0.3 is 9.64 Å². The molecule has 1 saturated heterocycles. The third kappa shape index (κ3) is 4.49. The lowest BCUT2D eigenvalue weighted by molar-refractivity contribution is -0.130. The van der Waals surface area contributed by atoms with Gasteiger partial charge in [-0.25, -0.2) is 18.4 Å². The van der Waals surface area contributed by atoms with Gasteiger partial charge in [-0.2, -0.15) is 0 Å². The predicted octanol–water partition coefficient (Wildman–Crippen LogP) is 1.45. The van der Waals surface area contributed by atoms with E-state index >= 15 is 0 Å². The zero-order valence-electron chi connectivity index (χ0n) is 13.8. The maximum Gasteiger partial charge on any atom is 0.233 e. The minimum atomic E-state index is -3.05. The molecule has 0 aromatic carbocycles. The molecule has 7 nitrogen and oxygen atoms in total. The molecule has 0 unspecified atom stereocenters. The molecule has 3 rings (SSSR count). The lowest BCUT2D eigenvalue weighted by atomic mass is 10.2. The van der Waals surface area contributed by atoms with Crippen LogP contribution in [0, 0.1) is 0 Å². The number of sulfone groups is 1. The summed E-state index contributed by atoms with van der Waals surface area (Å²) in [5.41, 5.74) is 0. The van der Waals surface area contributed by atoms with Gasteiger partial charge in [0.05, 0.1) is 23.9 Å². The average Bonchev–Trinajstić information content (AvgIpc) is 3.19. The number of thioether (sulfide) groups is 1. The molecule has 0 spiro atoms. The van der Waals surface area contributed by atoms with Crippen LogP contribution < -0.4 is 0 Å². The van der Waals surface area contributed by atoms with Crippen molar-refractivity contribution >= 4 is 49.1 Å². The van der Waals surface area contributed by atoms with Crippen LogP contribution in [0.2, 0.25) is 0 Å². The number of amides is 1. The zero-order valence-corrected chi connectivity index (χ0v) is 16.2. The Bertz CT molecular complexity index is 853. The van der Waals surface area contributed by atoms with E-state index in [9.17, 15) is 13.2 Å². The molecule has 0 saturated carbocycles. The third-order valence-electron chi connectivity index (χ3n) is 4.06. The van der Waals surface area contributed by atoms with Crippen molar-refractivity contribution in [3.8, 4) is 0 Å². The molecule has 1 atom stereocenters. The maximum atomic E-state index is 12.7. The van der Waals surface area contributed by atoms with Gasteiger partial charge >= 0.3 is 0 Å². The van der Waals surface area contributed by atoms with Crippen LogP contribution >= 0.6 is 23.1 Å². The van der Waals surface area contributed by atoms with Crippen LogP contribution in [0.5, 0.6) is 0 Å². The third-order valence-corrected chi connectivity index (χ3v) is 7.62. The monoisotopic (exact) mass is 401 g/mol. The molecule has 0 aliphatic carbocycles. The number of hydrogen-bond acceptors (Lipinski definition) is 8. The van der Waals surface area contributed by atoms with Crippen molar-refractivity contribution in [2.75, 3.05) is 37.5 Å². The quantitative estimate of drug-likeness (QED) is 0.512. The normalized spacial score (nSPS) is 19.3. The zero-order chi connectivity index (χ0) is 17.9. The lowest BCUT2D eigenvalue weighted by Gasteiger charge is -2.28. The van der Waals surface area contributed by atoms with Crippen molar-refractivity contribution in [2.45, 2.75) is 17.5 Å². The number of fused-ring (bicyclic) bond motifs is 1. The van der Waals surface area contributed by atoms with Crippen molar-refractivity contribution in [1.29, 1.82) is 0 Å². The van der Waals surface area contributed by atoms with Crippen LogP contribution in [0.3, 0.4) is 0 Å². The first-order valence-corrected chi connectivity index (χ1v) is 11.5. The fourth-order valence-electron chi connectivity index (χ4n) is 2.82. The number of nitrogens with zero attached hydrogens (tertiary/aromatic N) is 3. The summed E-state index contributed by atoms with van der Waals surface area (Å²) in [5.74, 6) is 0.298. The van der Waals surface area contributed by atoms with Crippen LogP contribution in [0.15, 0.2) is 22.8 Å². The summed E-state index contributed by atoms with van der Waals surface area (Å²) in [4.78, 5) is 23.7. The summed E-state index contributed by atoms with van der Waals surface area (Å²) in [6, 6.07) is 1.68. The van der Waals surface area contributed by atoms with Crippen molar-refractivity contribution in [1.82, 2.24) is 14.9 Å². The summed E-state index contributed by atoms with van der Waals surface area (Å²) in [7, 11) is -1.48. The van der Waals surface area contributed by atoms with Gasteiger partial charge in [-0.05, 0) is 17.9 Å². The SMILES string of the molecule is COCCN(C(=O)CSc1ncnc2sccc12)[C@@H]1CCS(=O)(=O)C1. The Balaban J connectivity index is 1.68. The molecule has 0 radical (unpaired) electrons. The summed E-state index contributed by atoms with van der Waals surface area (Å²) < 4.78 is 28.6. The molecule has 136 valence electrons. The van der Waals surface area contributed by atoms with E-state index in [0.29, 0.717) is 19.6 Å². The first-order chi connectivity index (χ1) is 12.0. The van der Waals surface area contributed by atoms with Crippen molar-refractivity contribution in [2.24, 2.45) is 0 Å². The van der Waals surface area contributed by atoms with E-state index in [1.165, 1.54) is 29.4 Å². The Morgan fingerprint density at radius 1 is 1.48 bits per heavy atom. The number of aromatic nitrogens is 2. The minimum Gasteiger partial charge on any atom is -0.383 e. The number of ether oxygens (including phenoxy) is 1. The highest BCUT2D eigenvalue weighted by Gasteiger charge is 2.34. The first kappa shape index (κ1) is 18.6. The Labute approximate surface area is 154 Å². The smallest absolute Gasteiger partial charge is 0.233 e. The van der Waals surface area contributed by atoms with E-state index in [4.69, 9.17) is 4.74 Å². The molecule has 2 aromatic heterocycles. The highest BCUT2D eigenvalue weighted by atomic mass is 32.2. The molecule has 10 heteroatoms. The first-order valence-electron chi connectivity index (χ1n) is 7.80. The van der Waals surface area contributed by atoms with Gasteiger partial charge in [0, 0.05) is 25.1 Å². The Hall–Kier alpha value is -1.23. The molecule has 2 aromatic rings. The van der Waals surface area contributed by atoms with Gasteiger partial charge in [0.1, 0.15) is 16.2 Å². The molecule has 3 heterocycles. The van der Waals surface area contributed by atoms with Crippen molar-refractivity contribution in [3.05, 3.63) is 17.8 Å². The van der Waals surface area contributed by atoms with Crippen LogP contribution in [-0.2, 0) is 19.4 Å². The second kappa shape index (κ2) is 7.98. The summed E-state index contributed by atoms with van der Waals surface area (Å²) in [6.07, 6.45) is 1.99. The number of rotatable bonds is 7. The van der Waals surface area contributed by atoms with E-state index in [1.807, 2.05) is 11.4 Å². The molecule has 1 amide bonds. The molecule has 0 bridgehead atoms. The number of methoxy groups -OCH3 is 1. The summed E-state index contributed by atoms with van der Waals surface area (Å²) in [5, 5.41) is 3.65. The van der Waals surface area contributed by atoms with Gasteiger partial charge in [0.15, 0.2) is 9.84 Å². The Morgan fingerprint density at radius 2 is 2.32 bits per heavy atom. The van der Waals surface area contributed by atoms with E-state index in [1.54, 1.807) is 12.0 Å². The Morgan fingerprint density at radius 3 is 3.04 bits per heavy atom. The van der Waals surface area contributed by atoms with Gasteiger partial charge in [-0.1, -0.05) is 11.8 Å². The van der Waals surface area contributed by atoms with Gasteiger partial charge in [0.25, 0.3) is 0 Å². The Kier molecular flexibility index (Phi) is 5.92. The largest absolute Gasteiger partial charge is 0.383 e. The van der Waals surface area contributed by atoms with Gasteiger partial charge in [-0.3, -0.25) is 4.79 Å². The highest BCUT2D eigenvalue weighted by Crippen LogP contribution is 2.28. The second-order valence-electron chi connectivity index (χ2n) is 5.74. The lowest BCUT2D eigenvalue weighted by Crippen LogP contribution is -2.44. The van der Waals surface area contributed by atoms with Crippen LogP contribution in [-0.4, -0.2) is 72.8 Å². The van der Waals surface area contributed by atoms with E-state index in [-0.39, 0.29) is 29.2 Å². The summed E-state index contributed by atoms with van der Waals surface area (Å²) in [6.45, 7) is 0.781. The number of hydrogen-bond donors (Lipinski definition) is 0. The van der Waals surface area contributed by atoms with Crippen LogP contribution in [0.1, 0.15) is 6.42 Å². The van der Waals surface area contributed by atoms with Crippen LogP contribution in [0.4, 0.5) is 0 Å². The van der Waals surface area contributed by atoms with E-state index in [0.717, 1.165) is 15.2 Å².